The van der Waals surface area contributed by atoms with Crippen LogP contribution in [0.2, 0.25) is 0 Å². The van der Waals surface area contributed by atoms with Gasteiger partial charge < -0.3 is 15.2 Å². The predicted octanol–water partition coefficient (Wildman–Crippen LogP) is 1.94. The number of hydrogen-bond donors (Lipinski definition) is 2. The fourth-order valence-electron chi connectivity index (χ4n) is 1.85. The molecule has 0 aromatic carbocycles. The van der Waals surface area contributed by atoms with Crippen LogP contribution >= 0.6 is 0 Å². The second kappa shape index (κ2) is 6.58. The Labute approximate surface area is 99.6 Å². The Balaban J connectivity index is 2.02. The van der Waals surface area contributed by atoms with Gasteiger partial charge in [0, 0.05) is 18.7 Å². The van der Waals surface area contributed by atoms with Crippen LogP contribution in [0, 0.1) is 5.92 Å². The molecule has 1 rings (SSSR count). The third kappa shape index (κ3) is 5.28. The lowest BCUT2D eigenvalue weighted by molar-refractivity contribution is 0.0318. The van der Waals surface area contributed by atoms with Crippen molar-refractivity contribution < 1.29 is 9.84 Å². The van der Waals surface area contributed by atoms with E-state index in [2.05, 4.69) is 26.1 Å². The van der Waals surface area contributed by atoms with Gasteiger partial charge in [-0.15, -0.1) is 0 Å². The fourth-order valence-corrected chi connectivity index (χ4v) is 1.85. The van der Waals surface area contributed by atoms with Crippen LogP contribution in [0.1, 0.15) is 46.5 Å². The summed E-state index contributed by atoms with van der Waals surface area (Å²) >= 11 is 0. The smallest absolute Gasteiger partial charge is 0.0897 e. The van der Waals surface area contributed by atoms with Crippen molar-refractivity contribution in [3.63, 3.8) is 0 Å². The van der Waals surface area contributed by atoms with Crippen molar-refractivity contribution in [3.8, 4) is 0 Å². The highest BCUT2D eigenvalue weighted by Gasteiger charge is 2.37. The minimum absolute atomic E-state index is 0.171. The van der Waals surface area contributed by atoms with Gasteiger partial charge in [0.1, 0.15) is 0 Å². The largest absolute Gasteiger partial charge is 0.389 e. The third-order valence-electron chi connectivity index (χ3n) is 3.34. The van der Waals surface area contributed by atoms with Crippen molar-refractivity contribution in [3.05, 3.63) is 0 Å². The molecule has 0 aromatic heterocycles. The van der Waals surface area contributed by atoms with E-state index in [0.29, 0.717) is 13.2 Å². The second-order valence-corrected chi connectivity index (χ2v) is 5.46. The summed E-state index contributed by atoms with van der Waals surface area (Å²) in [4.78, 5) is 0. The first-order chi connectivity index (χ1) is 7.56. The van der Waals surface area contributed by atoms with Gasteiger partial charge in [-0.1, -0.05) is 13.3 Å². The molecule has 16 heavy (non-hydrogen) atoms. The zero-order valence-corrected chi connectivity index (χ0v) is 11.0. The first-order valence-corrected chi connectivity index (χ1v) is 6.57. The molecule has 0 bridgehead atoms. The van der Waals surface area contributed by atoms with Crippen molar-refractivity contribution in [2.75, 3.05) is 19.8 Å². The Bertz CT molecular complexity index is 190. The lowest BCUT2D eigenvalue weighted by atomic mass is 9.98. The zero-order valence-electron chi connectivity index (χ0n) is 11.0. The highest BCUT2D eigenvalue weighted by Crippen LogP contribution is 2.39. The Hall–Kier alpha value is -0.120. The Morgan fingerprint density at radius 3 is 2.69 bits per heavy atom. The van der Waals surface area contributed by atoms with Crippen LogP contribution in [0.25, 0.3) is 0 Å². The van der Waals surface area contributed by atoms with Crippen LogP contribution in [0.3, 0.4) is 0 Å². The van der Waals surface area contributed by atoms with Gasteiger partial charge in [-0.25, -0.2) is 0 Å². The molecule has 1 aliphatic carbocycles. The van der Waals surface area contributed by atoms with Crippen LogP contribution in [-0.4, -0.2) is 36.5 Å². The van der Waals surface area contributed by atoms with Crippen molar-refractivity contribution in [2.45, 2.75) is 58.1 Å². The Morgan fingerprint density at radius 2 is 2.12 bits per heavy atom. The summed E-state index contributed by atoms with van der Waals surface area (Å²) < 4.78 is 5.39. The zero-order chi connectivity index (χ0) is 12.0. The maximum Gasteiger partial charge on any atom is 0.0897 e. The molecule has 0 saturated heterocycles. The summed E-state index contributed by atoms with van der Waals surface area (Å²) in [6.07, 6.45) is 4.48. The van der Waals surface area contributed by atoms with Gasteiger partial charge in [-0.2, -0.15) is 0 Å². The number of aliphatic hydroxyl groups excluding tert-OH is 1. The summed E-state index contributed by atoms with van der Waals surface area (Å²) in [6, 6.07) is 0. The number of nitrogens with one attached hydrogen (secondary N) is 1. The molecule has 1 atom stereocenters. The maximum absolute atomic E-state index is 9.73. The molecular weight excluding hydrogens is 202 g/mol. The Kier molecular flexibility index (Phi) is 5.73. The van der Waals surface area contributed by atoms with Gasteiger partial charge in [-0.05, 0) is 39.0 Å². The molecule has 1 saturated carbocycles. The molecular formula is C13H27NO2. The van der Waals surface area contributed by atoms with E-state index < -0.39 is 0 Å². The van der Waals surface area contributed by atoms with E-state index in [0.717, 1.165) is 25.4 Å². The lowest BCUT2D eigenvalue weighted by Crippen LogP contribution is -2.46. The topological polar surface area (TPSA) is 41.5 Å². The van der Waals surface area contributed by atoms with Gasteiger partial charge in [0.25, 0.3) is 0 Å². The predicted molar refractivity (Wildman–Crippen MR) is 66.5 cm³/mol. The van der Waals surface area contributed by atoms with Gasteiger partial charge in [0.2, 0.25) is 0 Å². The molecule has 1 fully saturated rings. The minimum atomic E-state index is -0.380. The Morgan fingerprint density at radius 1 is 1.44 bits per heavy atom. The van der Waals surface area contributed by atoms with Crippen molar-refractivity contribution in [1.29, 1.82) is 0 Å². The number of β-amino-alcohol motifs (C(OH)–C–C–N with tert-alkyl or cyclic N) is 1. The van der Waals surface area contributed by atoms with Crippen molar-refractivity contribution in [1.82, 2.24) is 5.32 Å². The van der Waals surface area contributed by atoms with Gasteiger partial charge in [0.05, 0.1) is 12.7 Å². The standard InChI is InChI=1S/C13H27NO2/c1-4-5-8-16-10-12(15)9-14-13(2,3)11-6-7-11/h11-12,14-15H,4-10H2,1-3H3. The molecule has 0 spiro atoms. The summed E-state index contributed by atoms with van der Waals surface area (Å²) in [5, 5.41) is 13.2. The van der Waals surface area contributed by atoms with Crippen LogP contribution in [-0.2, 0) is 4.74 Å². The normalized spacial score (nSPS) is 18.8. The number of ether oxygens (including phenoxy) is 1. The SMILES string of the molecule is CCCCOCC(O)CNC(C)(C)C1CC1. The van der Waals surface area contributed by atoms with E-state index in [1.165, 1.54) is 12.8 Å². The monoisotopic (exact) mass is 229 g/mol. The molecule has 2 N–H and O–H groups in total. The van der Waals surface area contributed by atoms with Crippen LogP contribution in [0.4, 0.5) is 0 Å². The van der Waals surface area contributed by atoms with Gasteiger partial charge >= 0.3 is 0 Å². The van der Waals surface area contributed by atoms with Gasteiger partial charge in [0.15, 0.2) is 0 Å². The van der Waals surface area contributed by atoms with E-state index in [1.807, 2.05) is 0 Å². The molecule has 1 aliphatic rings. The fraction of sp³-hybridized carbons (Fsp3) is 1.00. The highest BCUT2D eigenvalue weighted by atomic mass is 16.5. The summed E-state index contributed by atoms with van der Waals surface area (Å²) in [5.41, 5.74) is 0.171. The van der Waals surface area contributed by atoms with Crippen LogP contribution in [0.15, 0.2) is 0 Å². The van der Waals surface area contributed by atoms with E-state index in [1.54, 1.807) is 0 Å². The average molecular weight is 229 g/mol. The van der Waals surface area contributed by atoms with Crippen molar-refractivity contribution >= 4 is 0 Å². The molecule has 96 valence electrons. The molecule has 0 aromatic rings. The maximum atomic E-state index is 9.73. The highest BCUT2D eigenvalue weighted by molar-refractivity contribution is 4.94. The summed E-state index contributed by atoms with van der Waals surface area (Å²) in [6.45, 7) is 8.42. The molecule has 1 unspecified atom stereocenters. The van der Waals surface area contributed by atoms with Crippen LogP contribution < -0.4 is 5.32 Å². The van der Waals surface area contributed by atoms with E-state index in [4.69, 9.17) is 4.74 Å². The first kappa shape index (κ1) is 13.9. The number of aliphatic hydroxyl groups is 1. The molecule has 0 amide bonds. The van der Waals surface area contributed by atoms with E-state index >= 15 is 0 Å². The number of rotatable bonds is 9. The molecule has 3 nitrogen and oxygen atoms in total. The summed E-state index contributed by atoms with van der Waals surface area (Å²) in [5.74, 6) is 0.792. The average Bonchev–Trinajstić information content (AvgIpc) is 3.05. The summed E-state index contributed by atoms with van der Waals surface area (Å²) in [7, 11) is 0. The minimum Gasteiger partial charge on any atom is -0.389 e. The first-order valence-electron chi connectivity index (χ1n) is 6.57. The van der Waals surface area contributed by atoms with E-state index in [-0.39, 0.29) is 11.6 Å². The lowest BCUT2D eigenvalue weighted by Gasteiger charge is -2.27. The molecule has 0 aliphatic heterocycles. The van der Waals surface area contributed by atoms with E-state index in [9.17, 15) is 5.11 Å². The van der Waals surface area contributed by atoms with Crippen molar-refractivity contribution in [2.24, 2.45) is 5.92 Å². The molecule has 0 heterocycles. The second-order valence-electron chi connectivity index (χ2n) is 5.46. The number of hydrogen-bond acceptors (Lipinski definition) is 3. The molecule has 3 heteroatoms. The third-order valence-corrected chi connectivity index (χ3v) is 3.34. The quantitative estimate of drug-likeness (QED) is 0.594. The van der Waals surface area contributed by atoms with Crippen LogP contribution in [0.5, 0.6) is 0 Å². The molecule has 0 radical (unpaired) electrons. The number of unbranched alkanes of at least 4 members (excludes halogenated alkanes) is 1. The van der Waals surface area contributed by atoms with Gasteiger partial charge in [-0.3, -0.25) is 0 Å².